The van der Waals surface area contributed by atoms with Gasteiger partial charge in [0, 0.05) is 142 Å². The molecule has 10 heterocycles. The second kappa shape index (κ2) is 31.5. The largest absolute Gasteiger partial charge is 0.360 e. The van der Waals surface area contributed by atoms with Gasteiger partial charge in [-0.2, -0.15) is 0 Å². The summed E-state index contributed by atoms with van der Waals surface area (Å²) in [7, 11) is 0. The molecular formula is C94H72Br2Cl2N12S2. The topological polar surface area (TPSA) is 178 Å². The highest BCUT2D eigenvalue weighted by atomic mass is 79.9. The maximum Gasteiger partial charge on any atom is 0.141 e. The van der Waals surface area contributed by atoms with Gasteiger partial charge in [-0.1, -0.05) is 247 Å². The molecule has 112 heavy (non-hydrogen) atoms. The van der Waals surface area contributed by atoms with Crippen molar-refractivity contribution in [1.29, 1.82) is 0 Å². The lowest BCUT2D eigenvalue weighted by atomic mass is 10.0. The molecule has 0 bridgehead atoms. The average molecular weight is 1660 g/mol. The Morgan fingerprint density at radius 2 is 0.679 bits per heavy atom. The van der Waals surface area contributed by atoms with Crippen molar-refractivity contribution < 1.29 is 0 Å². The molecule has 0 saturated carbocycles. The fourth-order valence-corrected chi connectivity index (χ4v) is 16.9. The number of hydrogen-bond acceptors (Lipinski definition) is 6. The maximum atomic E-state index is 6.25. The van der Waals surface area contributed by atoms with E-state index in [1.54, 1.807) is 22.7 Å². The number of imidazole rings is 4. The number of benzene rings is 10. The zero-order chi connectivity index (χ0) is 76.7. The molecule has 10 aromatic carbocycles. The second-order valence-corrected chi connectivity index (χ2v) is 32.4. The molecule has 20 aromatic rings. The number of H-pyrrole nitrogens is 8. The Morgan fingerprint density at radius 1 is 0.295 bits per heavy atom. The van der Waals surface area contributed by atoms with Gasteiger partial charge in [0.25, 0.3) is 0 Å². The van der Waals surface area contributed by atoms with Crippen LogP contribution in [0.15, 0.2) is 287 Å². The summed E-state index contributed by atoms with van der Waals surface area (Å²) in [6.45, 7) is 12.6. The van der Waals surface area contributed by atoms with Crippen LogP contribution in [-0.2, 0) is 0 Å². The van der Waals surface area contributed by atoms with Gasteiger partial charge in [0.1, 0.15) is 29.0 Å². The molecule has 0 aliphatic carbocycles. The molecule has 0 aliphatic rings. The van der Waals surface area contributed by atoms with Crippen LogP contribution in [0.4, 0.5) is 0 Å². The van der Waals surface area contributed by atoms with Gasteiger partial charge < -0.3 is 39.9 Å². The van der Waals surface area contributed by atoms with E-state index in [1.807, 2.05) is 79.1 Å². The van der Waals surface area contributed by atoms with Crippen molar-refractivity contribution in [2.24, 2.45) is 0 Å². The van der Waals surface area contributed by atoms with Crippen molar-refractivity contribution in [1.82, 2.24) is 59.8 Å². The van der Waals surface area contributed by atoms with E-state index in [0.29, 0.717) is 10.0 Å². The van der Waals surface area contributed by atoms with Crippen molar-refractivity contribution in [3.8, 4) is 134 Å². The minimum atomic E-state index is 0.667. The molecule has 20 rings (SSSR count). The minimum Gasteiger partial charge on any atom is -0.360 e. The standard InChI is InChI=1S/C26H23N3.C25H20BrN3.C23H14BrCl2N3.C20H15N3S2/c1-16-8-12-19(13-9-16)24-25(20-14-10-17(2)11-15-20)29-26(28-24)23-18(3)27-22-7-5-4-6-21(22)23;1-15-3-7-17(8-4-15)23-24(18-9-5-16(2)6-10-18)29-25(28-23)21-14-27-22-12-11-19(26)13-20(21)22;24-15-7-8-20-18(11-15)19(12-27-20)23-28-21(13-3-1-5-16(25)9-13)22(29-23)14-4-2-6-17(26)10-14;1-12-17(13-6-2-3-7-14(13)21-12)20-22-18(15-8-4-10-24-15)19(23-20)16-9-5-11-25-16/h4-15,27H,1-3H3,(H,28,29);3-14,27H,1-2H3,(H,28,29);1-12,27H,(H,28,29);2-11,21H,1H3,(H,22,23). The van der Waals surface area contributed by atoms with Crippen LogP contribution < -0.4 is 0 Å². The lowest BCUT2D eigenvalue weighted by molar-refractivity contribution is 1.25. The lowest BCUT2D eigenvalue weighted by Crippen LogP contribution is -1.84. The van der Waals surface area contributed by atoms with Gasteiger partial charge in [-0.05, 0) is 137 Å². The van der Waals surface area contributed by atoms with E-state index >= 15 is 0 Å². The summed E-state index contributed by atoms with van der Waals surface area (Å²) in [4.78, 5) is 50.4. The second-order valence-electron chi connectivity index (χ2n) is 27.8. The Bertz CT molecular complexity index is 6510. The zero-order valence-corrected chi connectivity index (χ0v) is 68.0. The number of nitrogens with zero attached hydrogens (tertiary/aromatic N) is 4. The number of thiophene rings is 2. The fraction of sp³-hybridized carbons (Fsp3) is 0.0638. The number of aromatic amines is 8. The van der Waals surface area contributed by atoms with Gasteiger partial charge in [-0.3, -0.25) is 0 Å². The van der Waals surface area contributed by atoms with Gasteiger partial charge >= 0.3 is 0 Å². The third-order valence-corrected chi connectivity index (χ3v) is 23.2. The molecule has 18 heteroatoms. The first-order chi connectivity index (χ1) is 54.6. The van der Waals surface area contributed by atoms with Crippen LogP contribution in [0.1, 0.15) is 33.6 Å². The van der Waals surface area contributed by atoms with Crippen molar-refractivity contribution in [3.63, 3.8) is 0 Å². The number of para-hydroxylation sites is 2. The average Bonchev–Trinajstić information content (AvgIpc) is 1.61. The van der Waals surface area contributed by atoms with Crippen LogP contribution in [0.5, 0.6) is 0 Å². The molecule has 0 saturated heterocycles. The Kier molecular flexibility index (Phi) is 20.5. The molecule has 12 nitrogen and oxygen atoms in total. The first-order valence-electron chi connectivity index (χ1n) is 36.5. The Labute approximate surface area is 681 Å². The van der Waals surface area contributed by atoms with Crippen LogP contribution in [0.3, 0.4) is 0 Å². The number of halogens is 4. The van der Waals surface area contributed by atoms with E-state index in [2.05, 4.69) is 312 Å². The molecule has 0 fully saturated rings. The summed E-state index contributed by atoms with van der Waals surface area (Å²) in [6.07, 6.45) is 3.99. The highest BCUT2D eigenvalue weighted by Crippen LogP contribution is 2.44. The van der Waals surface area contributed by atoms with E-state index in [4.69, 9.17) is 43.1 Å². The number of hydrogen-bond donors (Lipinski definition) is 8. The van der Waals surface area contributed by atoms with E-state index in [0.717, 1.165) is 178 Å². The third-order valence-electron chi connectivity index (χ3n) is 19.9. The SMILES string of the molecule is Cc1[nH]c2ccccc2c1-c1nc(-c2cccs2)c(-c2cccs2)[nH]1.Cc1ccc(-c2nc(-c3c(C)[nH]c4ccccc34)[nH]c2-c2ccc(C)cc2)cc1.Cc1ccc(-c2nc(-c3c[nH]c4ccc(Br)cc34)[nH]c2-c2ccc(C)cc2)cc1.Clc1cccc(-c2nc(-c3c[nH]c4ccc(Br)cc34)[nH]c2-c2cccc(Cl)c2)c1. The molecule has 0 atom stereocenters. The highest BCUT2D eigenvalue weighted by Gasteiger charge is 2.25. The summed E-state index contributed by atoms with van der Waals surface area (Å²) in [6, 6.07) is 87.3. The first kappa shape index (κ1) is 73.0. The molecule has 0 amide bonds. The van der Waals surface area contributed by atoms with Gasteiger partial charge in [0.15, 0.2) is 0 Å². The van der Waals surface area contributed by atoms with Gasteiger partial charge in [-0.25, -0.2) is 19.9 Å². The van der Waals surface area contributed by atoms with Crippen molar-refractivity contribution in [2.75, 3.05) is 0 Å². The Hall–Kier alpha value is -11.9. The minimum absolute atomic E-state index is 0.667. The monoisotopic (exact) mass is 1660 g/mol. The summed E-state index contributed by atoms with van der Waals surface area (Å²) < 4.78 is 2.07. The summed E-state index contributed by atoms with van der Waals surface area (Å²) in [5, 5.41) is 10.1. The van der Waals surface area contributed by atoms with E-state index in [9.17, 15) is 0 Å². The number of aromatic nitrogens is 12. The predicted octanol–water partition coefficient (Wildman–Crippen LogP) is 28.4. The summed E-state index contributed by atoms with van der Waals surface area (Å²) in [5.74, 6) is 3.45. The molecule has 0 unspecified atom stereocenters. The highest BCUT2D eigenvalue weighted by molar-refractivity contribution is 9.10. The molecule has 548 valence electrons. The van der Waals surface area contributed by atoms with E-state index in [1.165, 1.54) is 42.8 Å². The number of aryl methyl sites for hydroxylation is 6. The lowest BCUT2D eigenvalue weighted by Gasteiger charge is -2.04. The van der Waals surface area contributed by atoms with Crippen LogP contribution in [0.25, 0.3) is 178 Å². The molecule has 10 aromatic heterocycles. The van der Waals surface area contributed by atoms with Gasteiger partial charge in [0.2, 0.25) is 0 Å². The van der Waals surface area contributed by atoms with Gasteiger partial charge in [0.05, 0.1) is 49.6 Å². The zero-order valence-electron chi connectivity index (χ0n) is 61.7. The first-order valence-corrected chi connectivity index (χ1v) is 40.7. The Morgan fingerprint density at radius 3 is 1.13 bits per heavy atom. The van der Waals surface area contributed by atoms with Crippen molar-refractivity contribution >= 4 is 121 Å². The number of fused-ring (bicyclic) bond motifs is 4. The van der Waals surface area contributed by atoms with Crippen LogP contribution >= 0.6 is 77.7 Å². The van der Waals surface area contributed by atoms with E-state index in [-0.39, 0.29) is 0 Å². The molecule has 8 N–H and O–H groups in total. The predicted molar refractivity (Wildman–Crippen MR) is 477 cm³/mol. The van der Waals surface area contributed by atoms with Crippen LogP contribution in [0, 0.1) is 41.5 Å². The van der Waals surface area contributed by atoms with Crippen molar-refractivity contribution in [3.05, 3.63) is 331 Å². The van der Waals surface area contributed by atoms with Gasteiger partial charge in [-0.15, -0.1) is 22.7 Å². The quantitative estimate of drug-likeness (QED) is 0.0607. The number of rotatable bonds is 12. The molecular weight excluding hydrogens is 1590 g/mol. The molecule has 0 aliphatic heterocycles. The van der Waals surface area contributed by atoms with Crippen LogP contribution in [0.2, 0.25) is 10.0 Å². The van der Waals surface area contributed by atoms with Crippen LogP contribution in [-0.4, -0.2) is 59.8 Å². The van der Waals surface area contributed by atoms with Crippen molar-refractivity contribution in [2.45, 2.75) is 41.5 Å². The maximum absolute atomic E-state index is 6.25. The number of nitrogens with one attached hydrogen (secondary N) is 8. The van der Waals surface area contributed by atoms with E-state index < -0.39 is 0 Å². The normalized spacial score (nSPS) is 11.3. The Balaban J connectivity index is 0.000000109. The smallest absolute Gasteiger partial charge is 0.141 e. The summed E-state index contributed by atoms with van der Waals surface area (Å²) >= 11 is 23.1. The summed E-state index contributed by atoms with van der Waals surface area (Å²) in [5.41, 5.74) is 30.2. The molecule has 0 radical (unpaired) electrons. The molecule has 0 spiro atoms. The third kappa shape index (κ3) is 15.0. The fourth-order valence-electron chi connectivity index (χ4n) is 14.3.